The summed E-state index contributed by atoms with van der Waals surface area (Å²) in [6.45, 7) is 4.89. The Kier molecular flexibility index (Phi) is 5.21. The van der Waals surface area contributed by atoms with Gasteiger partial charge < -0.3 is 11.1 Å². The molecule has 0 bridgehead atoms. The summed E-state index contributed by atoms with van der Waals surface area (Å²) in [5, 5.41) is 3.05. The Balaban J connectivity index is 2.37. The lowest BCUT2D eigenvalue weighted by Gasteiger charge is -2.29. The van der Waals surface area contributed by atoms with E-state index in [4.69, 9.17) is 5.73 Å². The van der Waals surface area contributed by atoms with Crippen LogP contribution in [0.2, 0.25) is 0 Å². The van der Waals surface area contributed by atoms with E-state index in [1.54, 1.807) is 0 Å². The quantitative estimate of drug-likeness (QED) is 0.607. The normalized spacial score (nSPS) is 21.4. The fraction of sp³-hybridized carbons (Fsp3) is 0.889. The molecule has 0 aromatic rings. The molecule has 0 aromatic heterocycles. The summed E-state index contributed by atoms with van der Waals surface area (Å²) < 4.78 is 11.1. The molecule has 1 rings (SSSR count). The van der Waals surface area contributed by atoms with Gasteiger partial charge in [0.1, 0.15) is 0 Å². The van der Waals surface area contributed by atoms with Crippen molar-refractivity contribution in [1.29, 1.82) is 0 Å². The number of carbonyl (C=O) groups is 1. The molecule has 1 amide bonds. The van der Waals surface area contributed by atoms with E-state index in [1.165, 1.54) is 0 Å². The number of likely N-dealkylation sites (N-methyl/N-ethyl adjacent to an activating group) is 1. The molecule has 0 aromatic carbocycles. The zero-order chi connectivity index (χ0) is 11.3. The highest BCUT2D eigenvalue weighted by Gasteiger charge is 2.21. The highest BCUT2D eigenvalue weighted by molar-refractivity contribution is 7.85. The molecular weight excluding hydrogens is 214 g/mol. The first-order chi connectivity index (χ1) is 7.13. The Morgan fingerprint density at radius 2 is 2.13 bits per heavy atom. The molecule has 1 saturated heterocycles. The smallest absolute Gasteiger partial charge is 0.235 e. The zero-order valence-electron chi connectivity index (χ0n) is 9.07. The molecule has 0 radical (unpaired) electrons. The van der Waals surface area contributed by atoms with Crippen molar-refractivity contribution < 1.29 is 9.00 Å². The van der Waals surface area contributed by atoms with Crippen LogP contribution in [0.25, 0.3) is 0 Å². The molecule has 0 saturated carbocycles. The average Bonchev–Trinajstić information content (AvgIpc) is 2.20. The summed E-state index contributed by atoms with van der Waals surface area (Å²) in [5.74, 6) is 1.10. The van der Waals surface area contributed by atoms with Crippen LogP contribution in [-0.2, 0) is 15.6 Å². The average molecular weight is 233 g/mol. The molecule has 1 atom stereocenters. The Hall–Kier alpha value is -0.460. The maximum Gasteiger partial charge on any atom is 0.235 e. The molecule has 15 heavy (non-hydrogen) atoms. The second-order valence-corrected chi connectivity index (χ2v) is 5.36. The Labute approximate surface area is 92.8 Å². The van der Waals surface area contributed by atoms with Crippen LogP contribution in [0.5, 0.6) is 0 Å². The molecule has 1 heterocycles. The third kappa shape index (κ3) is 4.27. The lowest BCUT2D eigenvalue weighted by Crippen LogP contribution is -2.51. The summed E-state index contributed by atoms with van der Waals surface area (Å²) in [6, 6.07) is -0.290. The second-order valence-electron chi connectivity index (χ2n) is 3.66. The van der Waals surface area contributed by atoms with Crippen molar-refractivity contribution in [3.8, 4) is 0 Å². The molecule has 0 aliphatic carbocycles. The molecule has 1 unspecified atom stereocenters. The van der Waals surface area contributed by atoms with Crippen LogP contribution in [0.3, 0.4) is 0 Å². The van der Waals surface area contributed by atoms with E-state index in [0.29, 0.717) is 18.1 Å². The molecular formula is C9H19N3O2S. The Bertz CT molecular complexity index is 238. The number of amides is 1. The van der Waals surface area contributed by atoms with Crippen LogP contribution in [0.15, 0.2) is 0 Å². The van der Waals surface area contributed by atoms with Gasteiger partial charge in [0.2, 0.25) is 5.91 Å². The zero-order valence-corrected chi connectivity index (χ0v) is 9.89. The monoisotopic (exact) mass is 233 g/mol. The van der Waals surface area contributed by atoms with Crippen molar-refractivity contribution in [2.45, 2.75) is 13.0 Å². The molecule has 0 spiro atoms. The molecule has 3 N–H and O–H groups in total. The van der Waals surface area contributed by atoms with Crippen molar-refractivity contribution in [1.82, 2.24) is 10.2 Å². The van der Waals surface area contributed by atoms with Gasteiger partial charge in [-0.2, -0.15) is 0 Å². The molecule has 88 valence electrons. The van der Waals surface area contributed by atoms with E-state index in [0.717, 1.165) is 19.6 Å². The van der Waals surface area contributed by atoms with Gasteiger partial charge in [-0.05, 0) is 6.54 Å². The summed E-state index contributed by atoms with van der Waals surface area (Å²) in [7, 11) is -0.668. The van der Waals surface area contributed by atoms with Gasteiger partial charge in [0, 0.05) is 41.9 Å². The summed E-state index contributed by atoms with van der Waals surface area (Å²) in [6.07, 6.45) is 0. The van der Waals surface area contributed by atoms with Crippen molar-refractivity contribution in [3.63, 3.8) is 0 Å². The first kappa shape index (κ1) is 12.6. The van der Waals surface area contributed by atoms with E-state index < -0.39 is 10.8 Å². The molecule has 1 aliphatic heterocycles. The van der Waals surface area contributed by atoms with Crippen LogP contribution in [0.1, 0.15) is 6.92 Å². The first-order valence-corrected chi connectivity index (χ1v) is 6.72. The maximum absolute atomic E-state index is 11.1. The summed E-state index contributed by atoms with van der Waals surface area (Å²) in [4.78, 5) is 13.2. The van der Waals surface area contributed by atoms with E-state index in [9.17, 15) is 9.00 Å². The lowest BCUT2D eigenvalue weighted by atomic mass is 10.2. The number of hydrogen-bond donors (Lipinski definition) is 2. The second kappa shape index (κ2) is 6.19. The third-order valence-corrected chi connectivity index (χ3v) is 3.78. The number of hydrogen-bond acceptors (Lipinski definition) is 4. The van der Waals surface area contributed by atoms with Crippen molar-refractivity contribution >= 4 is 16.7 Å². The van der Waals surface area contributed by atoms with Crippen LogP contribution < -0.4 is 11.1 Å². The highest BCUT2D eigenvalue weighted by Crippen LogP contribution is 2.01. The number of rotatable bonds is 5. The van der Waals surface area contributed by atoms with Crippen LogP contribution >= 0.6 is 0 Å². The largest absolute Gasteiger partial charge is 0.368 e. The fourth-order valence-electron chi connectivity index (χ4n) is 1.62. The fourth-order valence-corrected chi connectivity index (χ4v) is 2.75. The standard InChI is InChI=1S/C9H19N3O2S/c1-2-11-8(9(10)13)7-12-3-5-15(14)6-4-12/h8,11H,2-7H2,1H3,(H2,10,13). The van der Waals surface area contributed by atoms with E-state index in [2.05, 4.69) is 10.2 Å². The Morgan fingerprint density at radius 1 is 1.53 bits per heavy atom. The van der Waals surface area contributed by atoms with Gasteiger partial charge in [0.05, 0.1) is 6.04 Å². The van der Waals surface area contributed by atoms with Gasteiger partial charge in [0.15, 0.2) is 0 Å². The number of nitrogens with two attached hydrogens (primary N) is 1. The SMILES string of the molecule is CCNC(CN1CCS(=O)CC1)C(N)=O. The Morgan fingerprint density at radius 3 is 2.60 bits per heavy atom. The van der Waals surface area contributed by atoms with E-state index in [-0.39, 0.29) is 11.9 Å². The molecule has 6 heteroatoms. The summed E-state index contributed by atoms with van der Waals surface area (Å²) in [5.41, 5.74) is 5.28. The number of nitrogens with zero attached hydrogens (tertiary/aromatic N) is 1. The predicted octanol–water partition coefficient (Wildman–Crippen LogP) is -1.49. The lowest BCUT2D eigenvalue weighted by molar-refractivity contribution is -0.120. The summed E-state index contributed by atoms with van der Waals surface area (Å²) >= 11 is 0. The van der Waals surface area contributed by atoms with Crippen molar-refractivity contribution in [2.24, 2.45) is 5.73 Å². The number of primary amides is 1. The number of nitrogens with one attached hydrogen (secondary N) is 1. The van der Waals surface area contributed by atoms with Crippen LogP contribution in [0, 0.1) is 0 Å². The van der Waals surface area contributed by atoms with Crippen LogP contribution in [-0.4, -0.2) is 58.7 Å². The predicted molar refractivity (Wildman–Crippen MR) is 61.0 cm³/mol. The molecule has 1 fully saturated rings. The molecule has 5 nitrogen and oxygen atoms in total. The van der Waals surface area contributed by atoms with Gasteiger partial charge in [-0.1, -0.05) is 6.92 Å². The first-order valence-electron chi connectivity index (χ1n) is 5.23. The van der Waals surface area contributed by atoms with Crippen molar-refractivity contribution in [3.05, 3.63) is 0 Å². The van der Waals surface area contributed by atoms with Gasteiger partial charge >= 0.3 is 0 Å². The van der Waals surface area contributed by atoms with Gasteiger partial charge in [-0.3, -0.25) is 13.9 Å². The van der Waals surface area contributed by atoms with Gasteiger partial charge in [-0.25, -0.2) is 0 Å². The van der Waals surface area contributed by atoms with Crippen molar-refractivity contribution in [2.75, 3.05) is 37.7 Å². The highest BCUT2D eigenvalue weighted by atomic mass is 32.2. The minimum Gasteiger partial charge on any atom is -0.368 e. The van der Waals surface area contributed by atoms with Gasteiger partial charge in [-0.15, -0.1) is 0 Å². The topological polar surface area (TPSA) is 75.4 Å². The minimum atomic E-state index is -0.668. The maximum atomic E-state index is 11.1. The van der Waals surface area contributed by atoms with Crippen LogP contribution in [0.4, 0.5) is 0 Å². The minimum absolute atomic E-state index is 0.290. The number of carbonyl (C=O) groups excluding carboxylic acids is 1. The van der Waals surface area contributed by atoms with Gasteiger partial charge in [0.25, 0.3) is 0 Å². The third-order valence-electron chi connectivity index (χ3n) is 2.51. The van der Waals surface area contributed by atoms with E-state index in [1.807, 2.05) is 6.92 Å². The molecule has 1 aliphatic rings. The van der Waals surface area contributed by atoms with E-state index >= 15 is 0 Å².